The highest BCUT2D eigenvalue weighted by Gasteiger charge is 2.26. The van der Waals surface area contributed by atoms with Gasteiger partial charge in [0.25, 0.3) is 5.91 Å². The Morgan fingerprint density at radius 2 is 2.14 bits per heavy atom. The number of nitrogens with two attached hydrogens (primary N) is 1. The van der Waals surface area contributed by atoms with Gasteiger partial charge in [-0.1, -0.05) is 22.0 Å². The van der Waals surface area contributed by atoms with Crippen molar-refractivity contribution in [2.45, 2.75) is 18.9 Å². The Bertz CT molecular complexity index is 679. The van der Waals surface area contributed by atoms with Crippen LogP contribution in [-0.2, 0) is 0 Å². The fourth-order valence-corrected chi connectivity index (χ4v) is 4.65. The summed E-state index contributed by atoms with van der Waals surface area (Å²) in [6, 6.07) is 6.22. The first-order chi connectivity index (χ1) is 10.1. The van der Waals surface area contributed by atoms with E-state index in [1.165, 1.54) is 11.3 Å². The number of thiophene rings is 1. The van der Waals surface area contributed by atoms with E-state index in [4.69, 9.17) is 5.73 Å². The van der Waals surface area contributed by atoms with E-state index in [-0.39, 0.29) is 5.91 Å². The van der Waals surface area contributed by atoms with Crippen LogP contribution in [0.3, 0.4) is 0 Å². The highest BCUT2D eigenvalue weighted by Crippen LogP contribution is 2.38. The molecule has 2 aromatic rings. The zero-order chi connectivity index (χ0) is 15.0. The van der Waals surface area contributed by atoms with Crippen molar-refractivity contribution >= 4 is 48.9 Å². The molecule has 0 aliphatic carbocycles. The van der Waals surface area contributed by atoms with Crippen LogP contribution >= 0.6 is 27.3 Å². The van der Waals surface area contributed by atoms with Crippen molar-refractivity contribution in [1.82, 2.24) is 10.2 Å². The third kappa shape index (κ3) is 2.67. The monoisotopic (exact) mass is 367 g/mol. The molecule has 1 saturated heterocycles. The Kier molecular flexibility index (Phi) is 4.19. The Hall–Kier alpha value is -1.11. The summed E-state index contributed by atoms with van der Waals surface area (Å²) < 4.78 is 1.99. The highest BCUT2D eigenvalue weighted by molar-refractivity contribution is 9.10. The van der Waals surface area contributed by atoms with Crippen LogP contribution in [0.4, 0.5) is 5.69 Å². The lowest BCUT2D eigenvalue weighted by Crippen LogP contribution is -2.43. The number of nitrogens with zero attached hydrogens (tertiary/aromatic N) is 1. The molecule has 0 bridgehead atoms. The Morgan fingerprint density at radius 3 is 2.81 bits per heavy atom. The van der Waals surface area contributed by atoms with Crippen LogP contribution in [-0.4, -0.2) is 37.0 Å². The number of piperidine rings is 1. The van der Waals surface area contributed by atoms with Gasteiger partial charge < -0.3 is 16.0 Å². The smallest absolute Gasteiger partial charge is 0.266 e. The zero-order valence-electron chi connectivity index (χ0n) is 11.9. The Balaban J connectivity index is 1.94. The summed E-state index contributed by atoms with van der Waals surface area (Å²) in [6.07, 6.45) is 1.99. The van der Waals surface area contributed by atoms with E-state index in [1.54, 1.807) is 0 Å². The van der Waals surface area contributed by atoms with Gasteiger partial charge in [-0.3, -0.25) is 4.79 Å². The first kappa shape index (κ1) is 14.8. The van der Waals surface area contributed by atoms with Crippen LogP contribution < -0.4 is 11.1 Å². The van der Waals surface area contributed by atoms with Gasteiger partial charge in [0, 0.05) is 27.6 Å². The van der Waals surface area contributed by atoms with E-state index in [0.29, 0.717) is 16.6 Å². The van der Waals surface area contributed by atoms with Gasteiger partial charge in [-0.05, 0) is 38.1 Å². The van der Waals surface area contributed by atoms with Gasteiger partial charge in [0.1, 0.15) is 4.88 Å². The lowest BCUT2D eigenvalue weighted by atomic mass is 10.1. The zero-order valence-corrected chi connectivity index (χ0v) is 14.3. The minimum absolute atomic E-state index is 0.0347. The minimum atomic E-state index is 0.0347. The molecule has 1 aliphatic heterocycles. The van der Waals surface area contributed by atoms with Crippen LogP contribution in [0.1, 0.15) is 22.5 Å². The fourth-order valence-electron chi connectivity index (χ4n) is 2.81. The molecule has 3 rings (SSSR count). The molecule has 0 radical (unpaired) electrons. The van der Waals surface area contributed by atoms with Gasteiger partial charge >= 0.3 is 0 Å². The predicted molar refractivity (Wildman–Crippen MR) is 91.9 cm³/mol. The Labute approximate surface area is 136 Å². The molecule has 2 heterocycles. The molecule has 0 spiro atoms. The van der Waals surface area contributed by atoms with Gasteiger partial charge in [-0.15, -0.1) is 11.3 Å². The summed E-state index contributed by atoms with van der Waals surface area (Å²) in [4.78, 5) is 15.3. The SMILES string of the molecule is CN(C(=O)c1sc2cccc(Br)c2c1N)C1CCNCC1. The first-order valence-electron chi connectivity index (χ1n) is 7.04. The topological polar surface area (TPSA) is 58.4 Å². The Morgan fingerprint density at radius 1 is 1.43 bits per heavy atom. The number of carbonyl (C=O) groups is 1. The van der Waals surface area contributed by atoms with Crippen molar-refractivity contribution < 1.29 is 4.79 Å². The molecular weight excluding hydrogens is 350 g/mol. The molecule has 112 valence electrons. The normalized spacial score (nSPS) is 16.3. The number of carbonyl (C=O) groups excluding carboxylic acids is 1. The predicted octanol–water partition coefficient (Wildman–Crippen LogP) is 3.07. The van der Waals surface area contributed by atoms with E-state index in [1.807, 2.05) is 30.1 Å². The third-order valence-electron chi connectivity index (χ3n) is 4.07. The molecule has 0 saturated carbocycles. The van der Waals surface area contributed by atoms with Crippen LogP contribution in [0.2, 0.25) is 0 Å². The number of nitrogen functional groups attached to an aromatic ring is 1. The van der Waals surface area contributed by atoms with Crippen molar-refractivity contribution in [1.29, 1.82) is 0 Å². The maximum atomic E-state index is 12.8. The molecule has 6 heteroatoms. The van der Waals surface area contributed by atoms with Gasteiger partial charge in [-0.25, -0.2) is 0 Å². The summed E-state index contributed by atoms with van der Waals surface area (Å²) in [6.45, 7) is 1.94. The second-order valence-electron chi connectivity index (χ2n) is 5.36. The van der Waals surface area contributed by atoms with Crippen molar-refractivity contribution in [2.24, 2.45) is 0 Å². The maximum Gasteiger partial charge on any atom is 0.266 e. The second kappa shape index (κ2) is 5.94. The average Bonchev–Trinajstić information content (AvgIpc) is 2.85. The van der Waals surface area contributed by atoms with Crippen molar-refractivity contribution in [2.75, 3.05) is 25.9 Å². The van der Waals surface area contributed by atoms with Crippen molar-refractivity contribution in [3.8, 4) is 0 Å². The number of benzene rings is 1. The van der Waals surface area contributed by atoms with Crippen LogP contribution in [0.25, 0.3) is 10.1 Å². The van der Waals surface area contributed by atoms with Crippen molar-refractivity contribution in [3.63, 3.8) is 0 Å². The summed E-state index contributed by atoms with van der Waals surface area (Å²) in [5.41, 5.74) is 6.82. The molecule has 3 N–H and O–H groups in total. The number of anilines is 1. The molecule has 1 amide bonds. The number of rotatable bonds is 2. The van der Waals surface area contributed by atoms with Crippen LogP contribution in [0, 0.1) is 0 Å². The second-order valence-corrected chi connectivity index (χ2v) is 7.26. The lowest BCUT2D eigenvalue weighted by Gasteiger charge is -2.31. The first-order valence-corrected chi connectivity index (χ1v) is 8.65. The highest BCUT2D eigenvalue weighted by atomic mass is 79.9. The standard InChI is InChI=1S/C15H18BrN3OS/c1-19(9-5-7-18-8-6-9)15(20)14-13(17)12-10(16)3-2-4-11(12)21-14/h2-4,9,18H,5-8,17H2,1H3. The number of nitrogens with one attached hydrogen (secondary N) is 1. The minimum Gasteiger partial charge on any atom is -0.397 e. The largest absolute Gasteiger partial charge is 0.397 e. The van der Waals surface area contributed by atoms with Gasteiger partial charge in [0.15, 0.2) is 0 Å². The average molecular weight is 368 g/mol. The molecular formula is C15H18BrN3OS. The molecule has 1 aromatic carbocycles. The van der Waals surface area contributed by atoms with E-state index < -0.39 is 0 Å². The molecule has 4 nitrogen and oxygen atoms in total. The number of halogens is 1. The summed E-state index contributed by atoms with van der Waals surface area (Å²) in [7, 11) is 1.89. The van der Waals surface area contributed by atoms with Gasteiger partial charge in [0.2, 0.25) is 0 Å². The summed E-state index contributed by atoms with van der Waals surface area (Å²) in [5.74, 6) is 0.0347. The van der Waals surface area contributed by atoms with Crippen molar-refractivity contribution in [3.05, 3.63) is 27.5 Å². The van der Waals surface area contributed by atoms with E-state index in [2.05, 4.69) is 21.2 Å². The summed E-state index contributed by atoms with van der Waals surface area (Å²) in [5, 5.41) is 4.27. The molecule has 1 fully saturated rings. The molecule has 1 aromatic heterocycles. The van der Waals surface area contributed by atoms with E-state index in [9.17, 15) is 4.79 Å². The van der Waals surface area contributed by atoms with Crippen LogP contribution in [0.15, 0.2) is 22.7 Å². The van der Waals surface area contributed by atoms with Gasteiger partial charge in [0.05, 0.1) is 5.69 Å². The lowest BCUT2D eigenvalue weighted by molar-refractivity contribution is 0.0709. The van der Waals surface area contributed by atoms with E-state index in [0.717, 1.165) is 40.5 Å². The number of fused-ring (bicyclic) bond motifs is 1. The third-order valence-corrected chi connectivity index (χ3v) is 5.89. The molecule has 0 atom stereocenters. The van der Waals surface area contributed by atoms with E-state index >= 15 is 0 Å². The van der Waals surface area contributed by atoms with Crippen LogP contribution in [0.5, 0.6) is 0 Å². The fraction of sp³-hybridized carbons (Fsp3) is 0.400. The maximum absolute atomic E-state index is 12.8. The summed E-state index contributed by atoms with van der Waals surface area (Å²) >= 11 is 4.99. The number of hydrogen-bond acceptors (Lipinski definition) is 4. The van der Waals surface area contributed by atoms with Gasteiger partial charge in [-0.2, -0.15) is 0 Å². The molecule has 0 unspecified atom stereocenters. The molecule has 21 heavy (non-hydrogen) atoms. The molecule has 1 aliphatic rings. The number of hydrogen-bond donors (Lipinski definition) is 2. The quantitative estimate of drug-likeness (QED) is 0.857. The number of amides is 1.